The maximum absolute atomic E-state index is 5.42. The molecule has 1 rings (SSSR count). The predicted molar refractivity (Wildman–Crippen MR) is 52.0 cm³/mol. The minimum absolute atomic E-state index is 0.123. The number of hydrogen-bond acceptors (Lipinski definition) is 2. The minimum atomic E-state index is 0.123. The maximum Gasteiger partial charge on any atom is 0.163 e. The highest BCUT2D eigenvalue weighted by atomic mass is 79.9. The Labute approximate surface area is 84.6 Å². The smallest absolute Gasteiger partial charge is 0.163 e. The van der Waals surface area contributed by atoms with E-state index in [1.54, 1.807) is 13.2 Å². The Morgan fingerprint density at radius 2 is 2.17 bits per heavy atom. The van der Waals surface area contributed by atoms with Gasteiger partial charge in [0.05, 0.1) is 7.11 Å². The van der Waals surface area contributed by atoms with Gasteiger partial charge >= 0.3 is 0 Å². The second kappa shape index (κ2) is 4.58. The highest BCUT2D eigenvalue weighted by molar-refractivity contribution is 9.10. The SMILES string of the molecule is COc1cc(Br)ccc1OCCl. The summed E-state index contributed by atoms with van der Waals surface area (Å²) in [5.74, 6) is 1.32. The number of halogens is 2. The third-order valence-electron chi connectivity index (χ3n) is 1.34. The van der Waals surface area contributed by atoms with E-state index in [0.717, 1.165) is 4.47 Å². The van der Waals surface area contributed by atoms with Crippen molar-refractivity contribution in [3.63, 3.8) is 0 Å². The van der Waals surface area contributed by atoms with E-state index in [1.807, 2.05) is 12.1 Å². The van der Waals surface area contributed by atoms with E-state index < -0.39 is 0 Å². The van der Waals surface area contributed by atoms with Gasteiger partial charge in [-0.3, -0.25) is 0 Å². The summed E-state index contributed by atoms with van der Waals surface area (Å²) >= 11 is 8.73. The zero-order valence-electron chi connectivity index (χ0n) is 6.51. The number of benzene rings is 1. The molecule has 0 N–H and O–H groups in total. The molecule has 66 valence electrons. The van der Waals surface area contributed by atoms with Gasteiger partial charge in [0.15, 0.2) is 17.6 Å². The summed E-state index contributed by atoms with van der Waals surface area (Å²) in [6, 6.07) is 5.61. The molecule has 0 heterocycles. The maximum atomic E-state index is 5.42. The van der Waals surface area contributed by atoms with E-state index in [1.165, 1.54) is 0 Å². The van der Waals surface area contributed by atoms with Crippen LogP contribution in [-0.4, -0.2) is 13.2 Å². The summed E-state index contributed by atoms with van der Waals surface area (Å²) in [5, 5.41) is 0. The molecule has 12 heavy (non-hydrogen) atoms. The van der Waals surface area contributed by atoms with Crippen molar-refractivity contribution in [1.82, 2.24) is 0 Å². The van der Waals surface area contributed by atoms with E-state index >= 15 is 0 Å². The van der Waals surface area contributed by atoms with Crippen LogP contribution in [0.5, 0.6) is 11.5 Å². The van der Waals surface area contributed by atoms with Crippen LogP contribution in [0.4, 0.5) is 0 Å². The largest absolute Gasteiger partial charge is 0.493 e. The molecular weight excluding hydrogens is 243 g/mol. The third-order valence-corrected chi connectivity index (χ3v) is 1.94. The fourth-order valence-corrected chi connectivity index (χ4v) is 1.28. The van der Waals surface area contributed by atoms with E-state index in [2.05, 4.69) is 15.9 Å². The standard InChI is InChI=1S/C8H8BrClO2/c1-11-8-4-6(9)2-3-7(8)12-5-10/h2-4H,5H2,1H3. The summed E-state index contributed by atoms with van der Waals surface area (Å²) in [7, 11) is 1.59. The van der Waals surface area contributed by atoms with Crippen molar-refractivity contribution in [2.24, 2.45) is 0 Å². The lowest BCUT2D eigenvalue weighted by atomic mass is 10.3. The van der Waals surface area contributed by atoms with Crippen molar-refractivity contribution in [1.29, 1.82) is 0 Å². The van der Waals surface area contributed by atoms with Gasteiger partial charge < -0.3 is 9.47 Å². The molecule has 2 nitrogen and oxygen atoms in total. The zero-order chi connectivity index (χ0) is 8.97. The minimum Gasteiger partial charge on any atom is -0.493 e. The first-order valence-electron chi connectivity index (χ1n) is 3.30. The lowest BCUT2D eigenvalue weighted by Gasteiger charge is -2.07. The number of alkyl halides is 1. The van der Waals surface area contributed by atoms with Gasteiger partial charge in [-0.15, -0.1) is 0 Å². The molecule has 1 aromatic rings. The summed E-state index contributed by atoms with van der Waals surface area (Å²) < 4.78 is 11.1. The van der Waals surface area contributed by atoms with E-state index in [9.17, 15) is 0 Å². The Hall–Kier alpha value is -0.410. The van der Waals surface area contributed by atoms with Gasteiger partial charge in [-0.2, -0.15) is 0 Å². The summed E-state index contributed by atoms with van der Waals surface area (Å²) in [6.45, 7) is 0. The van der Waals surface area contributed by atoms with Gasteiger partial charge in [-0.05, 0) is 18.2 Å². The van der Waals surface area contributed by atoms with Gasteiger partial charge in [0, 0.05) is 4.47 Å². The number of rotatable bonds is 3. The number of methoxy groups -OCH3 is 1. The normalized spacial score (nSPS) is 9.58. The van der Waals surface area contributed by atoms with Gasteiger partial charge in [0.1, 0.15) is 0 Å². The quantitative estimate of drug-likeness (QED) is 0.769. The highest BCUT2D eigenvalue weighted by Crippen LogP contribution is 2.30. The van der Waals surface area contributed by atoms with Crippen LogP contribution < -0.4 is 9.47 Å². The van der Waals surface area contributed by atoms with Crippen molar-refractivity contribution < 1.29 is 9.47 Å². The Morgan fingerprint density at radius 1 is 1.42 bits per heavy atom. The Morgan fingerprint density at radius 3 is 2.75 bits per heavy atom. The first-order valence-corrected chi connectivity index (χ1v) is 4.63. The first-order chi connectivity index (χ1) is 5.77. The fourth-order valence-electron chi connectivity index (χ4n) is 0.819. The molecule has 0 saturated carbocycles. The lowest BCUT2D eigenvalue weighted by molar-refractivity contribution is 0.341. The van der Waals surface area contributed by atoms with Crippen molar-refractivity contribution in [2.75, 3.05) is 13.2 Å². The molecule has 0 spiro atoms. The van der Waals surface area contributed by atoms with Crippen LogP contribution in [0, 0.1) is 0 Å². The van der Waals surface area contributed by atoms with Crippen molar-refractivity contribution in [2.45, 2.75) is 0 Å². The van der Waals surface area contributed by atoms with E-state index in [0.29, 0.717) is 11.5 Å². The molecule has 0 aromatic heterocycles. The molecule has 0 aliphatic carbocycles. The number of hydrogen-bond donors (Lipinski definition) is 0. The molecule has 0 bridgehead atoms. The van der Waals surface area contributed by atoms with Gasteiger partial charge in [0.25, 0.3) is 0 Å². The van der Waals surface area contributed by atoms with Crippen LogP contribution in [0.2, 0.25) is 0 Å². The molecule has 4 heteroatoms. The summed E-state index contributed by atoms with van der Waals surface area (Å²) in [6.07, 6.45) is 0. The van der Waals surface area contributed by atoms with Gasteiger partial charge in [-0.1, -0.05) is 27.5 Å². The molecule has 0 unspecified atom stereocenters. The molecule has 0 radical (unpaired) electrons. The average molecular weight is 252 g/mol. The Bertz CT molecular complexity index is 265. The molecule has 0 amide bonds. The zero-order valence-corrected chi connectivity index (χ0v) is 8.85. The first kappa shape index (κ1) is 9.68. The van der Waals surface area contributed by atoms with Crippen LogP contribution in [0.1, 0.15) is 0 Å². The van der Waals surface area contributed by atoms with Crippen molar-refractivity contribution in [3.8, 4) is 11.5 Å². The van der Waals surface area contributed by atoms with Crippen LogP contribution >= 0.6 is 27.5 Å². The van der Waals surface area contributed by atoms with Crippen molar-refractivity contribution >= 4 is 27.5 Å². The van der Waals surface area contributed by atoms with Gasteiger partial charge in [-0.25, -0.2) is 0 Å². The second-order valence-electron chi connectivity index (χ2n) is 2.05. The van der Waals surface area contributed by atoms with Crippen LogP contribution in [0.15, 0.2) is 22.7 Å². The van der Waals surface area contributed by atoms with Gasteiger partial charge in [0.2, 0.25) is 0 Å². The molecule has 0 saturated heterocycles. The lowest BCUT2D eigenvalue weighted by Crippen LogP contribution is -1.93. The van der Waals surface area contributed by atoms with Crippen LogP contribution in [-0.2, 0) is 0 Å². The number of ether oxygens (including phenoxy) is 2. The molecule has 0 atom stereocenters. The van der Waals surface area contributed by atoms with E-state index in [4.69, 9.17) is 21.1 Å². The van der Waals surface area contributed by atoms with Crippen LogP contribution in [0.25, 0.3) is 0 Å². The fraction of sp³-hybridized carbons (Fsp3) is 0.250. The van der Waals surface area contributed by atoms with Crippen LogP contribution in [0.3, 0.4) is 0 Å². The predicted octanol–water partition coefficient (Wildman–Crippen LogP) is 3.03. The second-order valence-corrected chi connectivity index (χ2v) is 3.18. The summed E-state index contributed by atoms with van der Waals surface area (Å²) in [4.78, 5) is 0. The summed E-state index contributed by atoms with van der Waals surface area (Å²) in [5.41, 5.74) is 0. The Balaban J connectivity index is 2.94. The molecule has 0 aliphatic heterocycles. The Kier molecular flexibility index (Phi) is 3.69. The van der Waals surface area contributed by atoms with Crippen molar-refractivity contribution in [3.05, 3.63) is 22.7 Å². The molecular formula is C8H8BrClO2. The monoisotopic (exact) mass is 250 g/mol. The molecule has 1 aromatic carbocycles. The molecule has 0 aliphatic rings. The topological polar surface area (TPSA) is 18.5 Å². The third kappa shape index (κ3) is 2.29. The average Bonchev–Trinajstić information content (AvgIpc) is 2.08. The van der Waals surface area contributed by atoms with E-state index in [-0.39, 0.29) is 6.07 Å². The highest BCUT2D eigenvalue weighted by Gasteiger charge is 2.03. The molecule has 0 fully saturated rings.